The number of phenolic OH excluding ortho intramolecular Hbond substituents is 1. The van der Waals surface area contributed by atoms with E-state index in [0.29, 0.717) is 29.0 Å². The first kappa shape index (κ1) is 23.9. The van der Waals surface area contributed by atoms with Crippen molar-refractivity contribution in [2.75, 3.05) is 6.54 Å². The minimum absolute atomic E-state index is 0.0245. The summed E-state index contributed by atoms with van der Waals surface area (Å²) in [6.45, 7) is 6.26. The lowest BCUT2D eigenvalue weighted by atomic mass is 10.0. The average Bonchev–Trinajstić information content (AvgIpc) is 3.20. The lowest BCUT2D eigenvalue weighted by Crippen LogP contribution is -2.33. The first-order valence-corrected chi connectivity index (χ1v) is 10.8. The maximum Gasteiger partial charge on any atom is 0.223 e. The van der Waals surface area contributed by atoms with Crippen molar-refractivity contribution in [3.05, 3.63) is 70.5 Å². The molecular formula is C24H30ClFN2O2. The number of nitrogens with two attached hydrogens (primary N) is 1. The SMILES string of the molecule is CC.CCC(N)CCC(=O)N1CC(c2cc(Cl)ccc2F)=CC1c1cccc(O)c1. The molecule has 4 nitrogen and oxygen atoms in total. The second-order valence-electron chi connectivity index (χ2n) is 7.08. The third-order valence-electron chi connectivity index (χ3n) is 5.10. The fraction of sp³-hybridized carbons (Fsp3) is 0.375. The molecule has 0 spiro atoms. The Hall–Kier alpha value is -2.37. The van der Waals surface area contributed by atoms with E-state index in [9.17, 15) is 14.3 Å². The molecular weight excluding hydrogens is 403 g/mol. The maximum atomic E-state index is 14.4. The Morgan fingerprint density at radius 3 is 2.70 bits per heavy atom. The van der Waals surface area contributed by atoms with E-state index in [1.54, 1.807) is 29.2 Å². The van der Waals surface area contributed by atoms with Gasteiger partial charge in [0.15, 0.2) is 0 Å². The molecule has 6 heteroatoms. The summed E-state index contributed by atoms with van der Waals surface area (Å²) in [6.07, 6.45) is 3.59. The highest BCUT2D eigenvalue weighted by molar-refractivity contribution is 6.30. The Labute approximate surface area is 183 Å². The number of hydrogen-bond acceptors (Lipinski definition) is 3. The lowest BCUT2D eigenvalue weighted by molar-refractivity contribution is -0.131. The zero-order chi connectivity index (χ0) is 22.3. The van der Waals surface area contributed by atoms with Gasteiger partial charge in [-0.25, -0.2) is 4.39 Å². The standard InChI is InChI=1S/C22H24ClFN2O2.C2H6/c1-2-17(25)7-9-22(28)26-13-15(19-12-16(23)6-8-20(19)24)11-21(26)14-4-3-5-18(27)10-14;1-2/h3-6,8,10-12,17,21,27H,2,7,9,13,25H2,1H3;1-2H3. The number of halogens is 2. The molecule has 2 aromatic carbocycles. The van der Waals surface area contributed by atoms with Crippen LogP contribution in [0.4, 0.5) is 4.39 Å². The monoisotopic (exact) mass is 432 g/mol. The van der Waals surface area contributed by atoms with Gasteiger partial charge in [0.25, 0.3) is 0 Å². The van der Waals surface area contributed by atoms with Crippen LogP contribution in [0.5, 0.6) is 5.75 Å². The summed E-state index contributed by atoms with van der Waals surface area (Å²) in [7, 11) is 0. The Bertz CT molecular complexity index is 901. The second-order valence-corrected chi connectivity index (χ2v) is 7.52. The molecule has 1 aliphatic heterocycles. The number of benzene rings is 2. The molecule has 0 saturated heterocycles. The third kappa shape index (κ3) is 5.83. The molecule has 2 aromatic rings. The zero-order valence-electron chi connectivity index (χ0n) is 17.7. The highest BCUT2D eigenvalue weighted by Crippen LogP contribution is 2.37. The largest absolute Gasteiger partial charge is 0.508 e. The van der Waals surface area contributed by atoms with Gasteiger partial charge in [0.2, 0.25) is 5.91 Å². The molecule has 1 aliphatic rings. The average molecular weight is 433 g/mol. The van der Waals surface area contributed by atoms with Crippen molar-refractivity contribution in [2.45, 2.75) is 52.1 Å². The van der Waals surface area contributed by atoms with E-state index in [4.69, 9.17) is 17.3 Å². The molecule has 3 N–H and O–H groups in total. The molecule has 2 atom stereocenters. The summed E-state index contributed by atoms with van der Waals surface area (Å²) in [4.78, 5) is 14.6. The van der Waals surface area contributed by atoms with Crippen LogP contribution in [0.25, 0.3) is 5.57 Å². The topological polar surface area (TPSA) is 66.6 Å². The van der Waals surface area contributed by atoms with Crippen LogP contribution in [0.1, 0.15) is 57.2 Å². The van der Waals surface area contributed by atoms with E-state index < -0.39 is 0 Å². The van der Waals surface area contributed by atoms with E-state index in [2.05, 4.69) is 0 Å². The van der Waals surface area contributed by atoms with E-state index in [0.717, 1.165) is 12.0 Å². The van der Waals surface area contributed by atoms with Crippen molar-refractivity contribution in [3.8, 4) is 5.75 Å². The Morgan fingerprint density at radius 2 is 2.03 bits per heavy atom. The van der Waals surface area contributed by atoms with E-state index in [1.165, 1.54) is 12.1 Å². The van der Waals surface area contributed by atoms with Crippen LogP contribution in [0.2, 0.25) is 5.02 Å². The molecule has 0 bridgehead atoms. The molecule has 0 radical (unpaired) electrons. The number of rotatable bonds is 6. The molecule has 3 rings (SSSR count). The molecule has 1 heterocycles. The number of hydrogen-bond donors (Lipinski definition) is 2. The highest BCUT2D eigenvalue weighted by atomic mass is 35.5. The lowest BCUT2D eigenvalue weighted by Gasteiger charge is -2.26. The van der Waals surface area contributed by atoms with Crippen LogP contribution in [0.3, 0.4) is 0 Å². The maximum absolute atomic E-state index is 14.4. The van der Waals surface area contributed by atoms with Crippen LogP contribution < -0.4 is 5.73 Å². The van der Waals surface area contributed by atoms with Crippen LogP contribution in [-0.2, 0) is 4.79 Å². The van der Waals surface area contributed by atoms with E-state index in [-0.39, 0.29) is 36.1 Å². The summed E-state index contributed by atoms with van der Waals surface area (Å²) in [5.74, 6) is -0.313. The van der Waals surface area contributed by atoms with Crippen molar-refractivity contribution in [2.24, 2.45) is 5.73 Å². The minimum atomic E-state index is -0.383. The number of amides is 1. The van der Waals surface area contributed by atoms with Crippen molar-refractivity contribution in [3.63, 3.8) is 0 Å². The van der Waals surface area contributed by atoms with Crippen LogP contribution >= 0.6 is 11.6 Å². The first-order valence-electron chi connectivity index (χ1n) is 10.4. The Kier molecular flexibility index (Phi) is 8.88. The van der Waals surface area contributed by atoms with Gasteiger partial charge in [-0.2, -0.15) is 0 Å². The van der Waals surface area contributed by atoms with Crippen molar-refractivity contribution in [1.29, 1.82) is 0 Å². The molecule has 0 saturated carbocycles. The number of nitrogens with zero attached hydrogens (tertiary/aromatic N) is 1. The summed E-state index contributed by atoms with van der Waals surface area (Å²) in [5, 5.41) is 10.3. The van der Waals surface area contributed by atoms with E-state index in [1.807, 2.05) is 32.9 Å². The first-order chi connectivity index (χ1) is 14.4. The Balaban J connectivity index is 0.00000155. The quantitative estimate of drug-likeness (QED) is 0.615. The molecule has 2 unspecified atom stereocenters. The van der Waals surface area contributed by atoms with Gasteiger partial charge in [-0.05, 0) is 54.3 Å². The molecule has 0 aliphatic carbocycles. The summed E-state index contributed by atoms with van der Waals surface area (Å²) >= 11 is 6.05. The van der Waals surface area contributed by atoms with Gasteiger partial charge in [-0.3, -0.25) is 4.79 Å². The van der Waals surface area contributed by atoms with Gasteiger partial charge in [0, 0.05) is 29.6 Å². The normalized spacial score (nSPS) is 16.5. The van der Waals surface area contributed by atoms with Crippen molar-refractivity contribution >= 4 is 23.1 Å². The highest BCUT2D eigenvalue weighted by Gasteiger charge is 2.31. The molecule has 1 amide bonds. The number of aromatic hydroxyl groups is 1. The van der Waals surface area contributed by atoms with Gasteiger partial charge >= 0.3 is 0 Å². The molecule has 0 aromatic heterocycles. The Morgan fingerprint density at radius 1 is 1.30 bits per heavy atom. The predicted molar refractivity (Wildman–Crippen MR) is 121 cm³/mol. The summed E-state index contributed by atoms with van der Waals surface area (Å²) in [6, 6.07) is 10.8. The van der Waals surface area contributed by atoms with Gasteiger partial charge in [-0.1, -0.05) is 50.6 Å². The van der Waals surface area contributed by atoms with Crippen LogP contribution in [-0.4, -0.2) is 28.5 Å². The molecule has 162 valence electrons. The van der Waals surface area contributed by atoms with Gasteiger partial charge < -0.3 is 15.7 Å². The summed E-state index contributed by atoms with van der Waals surface area (Å²) < 4.78 is 14.4. The van der Waals surface area contributed by atoms with Crippen LogP contribution in [0, 0.1) is 5.82 Å². The van der Waals surface area contributed by atoms with Crippen LogP contribution in [0.15, 0.2) is 48.5 Å². The summed E-state index contributed by atoms with van der Waals surface area (Å²) in [5.41, 5.74) is 7.81. The van der Waals surface area contributed by atoms with Crippen molar-refractivity contribution < 1.29 is 14.3 Å². The predicted octanol–water partition coefficient (Wildman–Crippen LogP) is 5.70. The zero-order valence-corrected chi connectivity index (χ0v) is 18.5. The number of phenols is 1. The van der Waals surface area contributed by atoms with Crippen molar-refractivity contribution in [1.82, 2.24) is 4.90 Å². The fourth-order valence-electron chi connectivity index (χ4n) is 3.42. The van der Waals surface area contributed by atoms with Gasteiger partial charge in [-0.15, -0.1) is 0 Å². The smallest absolute Gasteiger partial charge is 0.223 e. The fourth-order valence-corrected chi connectivity index (χ4v) is 3.59. The van der Waals surface area contributed by atoms with Gasteiger partial charge in [0.05, 0.1) is 6.04 Å². The molecule has 0 fully saturated rings. The number of carbonyl (C=O) groups is 1. The minimum Gasteiger partial charge on any atom is -0.508 e. The number of carbonyl (C=O) groups excluding carboxylic acids is 1. The van der Waals surface area contributed by atoms with Gasteiger partial charge in [0.1, 0.15) is 11.6 Å². The second kappa shape index (κ2) is 11.1. The van der Waals surface area contributed by atoms with E-state index >= 15 is 0 Å². The third-order valence-corrected chi connectivity index (χ3v) is 5.33. The molecule has 30 heavy (non-hydrogen) atoms.